The summed E-state index contributed by atoms with van der Waals surface area (Å²) in [5.74, 6) is 0. The van der Waals surface area contributed by atoms with Gasteiger partial charge in [-0.2, -0.15) is 0 Å². The number of nitrogen functional groups attached to an aromatic ring is 1. The fourth-order valence-electron chi connectivity index (χ4n) is 1.69. The van der Waals surface area contributed by atoms with Crippen molar-refractivity contribution >= 4 is 33.0 Å². The number of hydrogen-bond acceptors (Lipinski definition) is 3. The first-order chi connectivity index (χ1) is 8.93. The van der Waals surface area contributed by atoms with E-state index < -0.39 is 10.0 Å². The van der Waals surface area contributed by atoms with Crippen LogP contribution in [0.4, 0.5) is 11.4 Å². The molecule has 0 aliphatic carbocycles. The van der Waals surface area contributed by atoms with Crippen LogP contribution in [0.1, 0.15) is 0 Å². The van der Waals surface area contributed by atoms with Crippen LogP contribution < -0.4 is 10.0 Å². The SMILES string of the molecule is CN(c1ccccc1N)S(=O)(=O)c1cccc(Cl)c1. The molecule has 0 spiro atoms. The zero-order valence-electron chi connectivity index (χ0n) is 10.2. The second kappa shape index (κ2) is 5.11. The lowest BCUT2D eigenvalue weighted by molar-refractivity contribution is 0.594. The van der Waals surface area contributed by atoms with Gasteiger partial charge in [-0.25, -0.2) is 8.42 Å². The molecule has 2 aromatic carbocycles. The first-order valence-corrected chi connectivity index (χ1v) is 7.34. The minimum atomic E-state index is -3.67. The fraction of sp³-hybridized carbons (Fsp3) is 0.0769. The maximum atomic E-state index is 12.4. The summed E-state index contributed by atoms with van der Waals surface area (Å²) in [5.41, 5.74) is 6.63. The topological polar surface area (TPSA) is 63.4 Å². The minimum absolute atomic E-state index is 0.130. The summed E-state index contributed by atoms with van der Waals surface area (Å²) in [4.78, 5) is 0.130. The number of para-hydroxylation sites is 2. The monoisotopic (exact) mass is 296 g/mol. The summed E-state index contributed by atoms with van der Waals surface area (Å²) >= 11 is 5.83. The molecule has 0 heterocycles. The second-order valence-corrected chi connectivity index (χ2v) is 6.39. The van der Waals surface area contributed by atoms with Crippen molar-refractivity contribution in [2.75, 3.05) is 17.1 Å². The lowest BCUT2D eigenvalue weighted by atomic mass is 10.3. The average molecular weight is 297 g/mol. The molecule has 6 heteroatoms. The molecule has 0 radical (unpaired) electrons. The van der Waals surface area contributed by atoms with E-state index in [1.807, 2.05) is 0 Å². The zero-order valence-corrected chi connectivity index (χ0v) is 11.8. The van der Waals surface area contributed by atoms with Gasteiger partial charge in [0.1, 0.15) is 0 Å². The first-order valence-electron chi connectivity index (χ1n) is 5.52. The van der Waals surface area contributed by atoms with Crippen molar-refractivity contribution in [2.24, 2.45) is 0 Å². The summed E-state index contributed by atoms with van der Waals surface area (Å²) in [6.07, 6.45) is 0. The fourth-order valence-corrected chi connectivity index (χ4v) is 3.21. The third-order valence-electron chi connectivity index (χ3n) is 2.73. The Bertz CT molecular complexity index is 701. The Balaban J connectivity index is 2.49. The van der Waals surface area contributed by atoms with Gasteiger partial charge in [0, 0.05) is 12.1 Å². The van der Waals surface area contributed by atoms with Crippen LogP contribution in [0.2, 0.25) is 5.02 Å². The minimum Gasteiger partial charge on any atom is -0.397 e. The summed E-state index contributed by atoms with van der Waals surface area (Å²) in [7, 11) is -2.21. The van der Waals surface area contributed by atoms with E-state index in [-0.39, 0.29) is 4.90 Å². The molecule has 0 unspecified atom stereocenters. The predicted molar refractivity (Wildman–Crippen MR) is 77.9 cm³/mol. The third kappa shape index (κ3) is 2.67. The summed E-state index contributed by atoms with van der Waals surface area (Å²) in [6, 6.07) is 12.9. The molecule has 0 aliphatic rings. The molecule has 2 rings (SSSR count). The normalized spacial score (nSPS) is 11.3. The van der Waals surface area contributed by atoms with Gasteiger partial charge in [0.15, 0.2) is 0 Å². The van der Waals surface area contributed by atoms with E-state index in [1.54, 1.807) is 36.4 Å². The highest BCUT2D eigenvalue weighted by atomic mass is 35.5. The highest BCUT2D eigenvalue weighted by molar-refractivity contribution is 7.92. The van der Waals surface area contributed by atoms with Gasteiger partial charge in [-0.1, -0.05) is 29.8 Å². The van der Waals surface area contributed by atoms with Crippen LogP contribution in [0.5, 0.6) is 0 Å². The molecule has 0 aliphatic heterocycles. The molecule has 100 valence electrons. The number of sulfonamides is 1. The maximum absolute atomic E-state index is 12.4. The van der Waals surface area contributed by atoms with Gasteiger partial charge < -0.3 is 5.73 Å². The first kappa shape index (κ1) is 13.7. The Morgan fingerprint density at radius 3 is 2.42 bits per heavy atom. The molecule has 19 heavy (non-hydrogen) atoms. The number of rotatable bonds is 3. The highest BCUT2D eigenvalue weighted by Gasteiger charge is 2.22. The molecular formula is C13H13ClN2O2S. The van der Waals surface area contributed by atoms with Crippen molar-refractivity contribution in [2.45, 2.75) is 4.90 Å². The Labute approximate surface area is 117 Å². The summed E-state index contributed by atoms with van der Waals surface area (Å²) in [5, 5.41) is 0.371. The molecule has 0 aromatic heterocycles. The van der Waals surface area contributed by atoms with Gasteiger partial charge in [-0.15, -0.1) is 0 Å². The van der Waals surface area contributed by atoms with Crippen molar-refractivity contribution < 1.29 is 8.42 Å². The molecule has 0 saturated carbocycles. The molecule has 2 N–H and O–H groups in total. The van der Waals surface area contributed by atoms with Crippen molar-refractivity contribution in [1.29, 1.82) is 0 Å². The van der Waals surface area contributed by atoms with Crippen LogP contribution in [0.15, 0.2) is 53.4 Å². The van der Waals surface area contributed by atoms with Crippen LogP contribution >= 0.6 is 11.6 Å². The van der Waals surface area contributed by atoms with E-state index in [2.05, 4.69) is 0 Å². The maximum Gasteiger partial charge on any atom is 0.264 e. The molecule has 2 aromatic rings. The molecule has 0 amide bonds. The van der Waals surface area contributed by atoms with Crippen molar-refractivity contribution in [3.63, 3.8) is 0 Å². The van der Waals surface area contributed by atoms with Crippen LogP contribution in [-0.4, -0.2) is 15.5 Å². The third-order valence-corrected chi connectivity index (χ3v) is 4.73. The van der Waals surface area contributed by atoms with Gasteiger partial charge in [-0.3, -0.25) is 4.31 Å². The van der Waals surface area contributed by atoms with E-state index in [9.17, 15) is 8.42 Å². The molecule has 0 bridgehead atoms. The van der Waals surface area contributed by atoms with Gasteiger partial charge >= 0.3 is 0 Å². The van der Waals surface area contributed by atoms with Gasteiger partial charge in [-0.05, 0) is 30.3 Å². The predicted octanol–water partition coefficient (Wildman–Crippen LogP) is 2.75. The van der Waals surface area contributed by atoms with E-state index in [4.69, 9.17) is 17.3 Å². The smallest absolute Gasteiger partial charge is 0.264 e. The van der Waals surface area contributed by atoms with Gasteiger partial charge in [0.2, 0.25) is 0 Å². The van der Waals surface area contributed by atoms with E-state index in [0.717, 1.165) is 4.31 Å². The lowest BCUT2D eigenvalue weighted by Gasteiger charge is -2.21. The zero-order chi connectivity index (χ0) is 14.0. The molecule has 4 nitrogen and oxygen atoms in total. The molecule has 0 saturated heterocycles. The summed E-state index contributed by atoms with van der Waals surface area (Å²) in [6.45, 7) is 0. The average Bonchev–Trinajstić information content (AvgIpc) is 2.38. The van der Waals surface area contributed by atoms with Crippen LogP contribution in [-0.2, 0) is 10.0 Å². The van der Waals surface area contributed by atoms with Crippen molar-refractivity contribution in [3.05, 3.63) is 53.6 Å². The molecule has 0 atom stereocenters. The van der Waals surface area contributed by atoms with Crippen LogP contribution in [0.25, 0.3) is 0 Å². The second-order valence-electron chi connectivity index (χ2n) is 3.99. The van der Waals surface area contributed by atoms with Gasteiger partial charge in [0.05, 0.1) is 16.3 Å². The van der Waals surface area contributed by atoms with Crippen LogP contribution in [0, 0.1) is 0 Å². The summed E-state index contributed by atoms with van der Waals surface area (Å²) < 4.78 is 26.0. The van der Waals surface area contributed by atoms with E-state index >= 15 is 0 Å². The van der Waals surface area contributed by atoms with E-state index in [0.29, 0.717) is 16.4 Å². The lowest BCUT2D eigenvalue weighted by Crippen LogP contribution is -2.27. The number of anilines is 2. The Morgan fingerprint density at radius 2 is 1.79 bits per heavy atom. The number of hydrogen-bond donors (Lipinski definition) is 1. The number of nitrogens with two attached hydrogens (primary N) is 1. The number of halogens is 1. The number of benzene rings is 2. The number of nitrogens with zero attached hydrogens (tertiary/aromatic N) is 1. The quantitative estimate of drug-likeness (QED) is 0.886. The standard InChI is InChI=1S/C13H13ClN2O2S/c1-16(13-8-3-2-7-12(13)15)19(17,18)11-6-4-5-10(14)9-11/h2-9H,15H2,1H3. The van der Waals surface area contributed by atoms with E-state index in [1.165, 1.54) is 19.2 Å². The highest BCUT2D eigenvalue weighted by Crippen LogP contribution is 2.27. The Hall–Kier alpha value is -1.72. The van der Waals surface area contributed by atoms with Crippen molar-refractivity contribution in [3.8, 4) is 0 Å². The Morgan fingerprint density at radius 1 is 1.11 bits per heavy atom. The largest absolute Gasteiger partial charge is 0.397 e. The molecular weight excluding hydrogens is 284 g/mol. The Kier molecular flexibility index (Phi) is 3.68. The molecule has 0 fully saturated rings. The van der Waals surface area contributed by atoms with Gasteiger partial charge in [0.25, 0.3) is 10.0 Å². The van der Waals surface area contributed by atoms with Crippen molar-refractivity contribution in [1.82, 2.24) is 0 Å². The van der Waals surface area contributed by atoms with Crippen LogP contribution in [0.3, 0.4) is 0 Å².